The van der Waals surface area contributed by atoms with Crippen LogP contribution in [0.4, 0.5) is 0 Å². The second-order valence-corrected chi connectivity index (χ2v) is 5.55. The van der Waals surface area contributed by atoms with Crippen molar-refractivity contribution in [2.24, 2.45) is 5.73 Å². The van der Waals surface area contributed by atoms with Crippen LogP contribution in [0.15, 0.2) is 42.5 Å². The summed E-state index contributed by atoms with van der Waals surface area (Å²) in [6.45, 7) is 2.58. The number of nitrogens with zero attached hydrogens (tertiary/aromatic N) is 1. The van der Waals surface area contributed by atoms with Crippen molar-refractivity contribution in [3.63, 3.8) is 0 Å². The molecule has 2 atom stereocenters. The number of rotatable bonds is 2. The number of fused-ring (bicyclic) bond motifs is 1. The number of nitrogens with two attached hydrogens (primary N) is 1. The van der Waals surface area contributed by atoms with E-state index < -0.39 is 6.04 Å². The number of carbonyl (C=O) groups is 1. The van der Waals surface area contributed by atoms with E-state index in [4.69, 9.17) is 5.73 Å². The average Bonchev–Trinajstić information content (AvgIpc) is 2.94. The Kier molecular flexibility index (Phi) is 3.45. The Balaban J connectivity index is 2.04. The standard InChI is InChI=1S/C17H20N2O/c1-12(18)17(20)19-11-5-10-16(19)15-9-4-7-13-6-2-3-8-14(13)15/h2-4,6-9,12,16H,5,10-11,18H2,1H3/t12-,16?/m0/s1. The van der Waals surface area contributed by atoms with Gasteiger partial charge in [-0.15, -0.1) is 0 Å². The average molecular weight is 268 g/mol. The summed E-state index contributed by atoms with van der Waals surface area (Å²) in [6.07, 6.45) is 2.07. The predicted octanol–water partition coefficient (Wildman–Crippen LogP) is 2.85. The van der Waals surface area contributed by atoms with Gasteiger partial charge in [0.2, 0.25) is 5.91 Å². The van der Waals surface area contributed by atoms with E-state index in [0.29, 0.717) is 0 Å². The van der Waals surface area contributed by atoms with Crippen molar-refractivity contribution in [3.8, 4) is 0 Å². The second-order valence-electron chi connectivity index (χ2n) is 5.55. The van der Waals surface area contributed by atoms with Crippen molar-refractivity contribution in [2.45, 2.75) is 31.8 Å². The minimum absolute atomic E-state index is 0.0560. The highest BCUT2D eigenvalue weighted by Gasteiger charge is 2.31. The number of likely N-dealkylation sites (tertiary alicyclic amines) is 1. The van der Waals surface area contributed by atoms with E-state index >= 15 is 0 Å². The van der Waals surface area contributed by atoms with Gasteiger partial charge in [-0.1, -0.05) is 42.5 Å². The molecule has 1 unspecified atom stereocenters. The fourth-order valence-corrected chi connectivity index (χ4v) is 3.16. The molecule has 1 heterocycles. The molecule has 2 aromatic carbocycles. The number of amides is 1. The molecule has 2 aromatic rings. The summed E-state index contributed by atoms with van der Waals surface area (Å²) in [7, 11) is 0. The highest BCUT2D eigenvalue weighted by Crippen LogP contribution is 2.36. The Morgan fingerprint density at radius 1 is 1.25 bits per heavy atom. The lowest BCUT2D eigenvalue weighted by Crippen LogP contribution is -2.41. The van der Waals surface area contributed by atoms with Crippen LogP contribution < -0.4 is 5.73 Å². The minimum Gasteiger partial charge on any atom is -0.334 e. The highest BCUT2D eigenvalue weighted by molar-refractivity contribution is 5.87. The van der Waals surface area contributed by atoms with Gasteiger partial charge < -0.3 is 10.6 Å². The minimum atomic E-state index is -0.425. The SMILES string of the molecule is C[C@H](N)C(=O)N1CCCC1c1cccc2ccccc12. The Hall–Kier alpha value is -1.87. The van der Waals surface area contributed by atoms with E-state index in [0.717, 1.165) is 19.4 Å². The first-order valence-electron chi connectivity index (χ1n) is 7.22. The van der Waals surface area contributed by atoms with Gasteiger partial charge >= 0.3 is 0 Å². The molecule has 1 aliphatic rings. The Morgan fingerprint density at radius 3 is 2.80 bits per heavy atom. The molecule has 3 rings (SSSR count). The molecular formula is C17H20N2O. The molecule has 3 nitrogen and oxygen atoms in total. The van der Waals surface area contributed by atoms with E-state index in [1.165, 1.54) is 16.3 Å². The first kappa shape index (κ1) is 13.1. The van der Waals surface area contributed by atoms with Crippen LogP contribution in [0.2, 0.25) is 0 Å². The number of carbonyl (C=O) groups excluding carboxylic acids is 1. The van der Waals surface area contributed by atoms with Crippen LogP contribution in [-0.2, 0) is 4.79 Å². The molecule has 1 aliphatic heterocycles. The molecule has 0 radical (unpaired) electrons. The van der Waals surface area contributed by atoms with Gasteiger partial charge in [0.1, 0.15) is 0 Å². The molecule has 0 aliphatic carbocycles. The van der Waals surface area contributed by atoms with E-state index in [-0.39, 0.29) is 11.9 Å². The molecule has 2 N–H and O–H groups in total. The second kappa shape index (κ2) is 5.25. The number of benzene rings is 2. The van der Waals surface area contributed by atoms with Gasteiger partial charge in [-0.2, -0.15) is 0 Å². The predicted molar refractivity (Wildman–Crippen MR) is 81.3 cm³/mol. The Labute approximate surface area is 119 Å². The molecule has 0 bridgehead atoms. The van der Waals surface area contributed by atoms with Crippen LogP contribution in [0.3, 0.4) is 0 Å². The lowest BCUT2D eigenvalue weighted by atomic mass is 9.97. The molecule has 0 spiro atoms. The van der Waals surface area contributed by atoms with Gasteiger partial charge in [-0.05, 0) is 36.1 Å². The Bertz CT molecular complexity index is 630. The molecular weight excluding hydrogens is 248 g/mol. The molecule has 1 amide bonds. The smallest absolute Gasteiger partial charge is 0.239 e. The van der Waals surface area contributed by atoms with Crippen LogP contribution in [0.25, 0.3) is 10.8 Å². The lowest BCUT2D eigenvalue weighted by molar-refractivity contribution is -0.133. The molecule has 3 heteroatoms. The maximum absolute atomic E-state index is 12.3. The van der Waals surface area contributed by atoms with Crippen molar-refractivity contribution < 1.29 is 4.79 Å². The maximum Gasteiger partial charge on any atom is 0.239 e. The first-order valence-corrected chi connectivity index (χ1v) is 7.22. The fraction of sp³-hybridized carbons (Fsp3) is 0.353. The zero-order valence-electron chi connectivity index (χ0n) is 11.8. The molecule has 1 saturated heterocycles. The first-order chi connectivity index (χ1) is 9.68. The van der Waals surface area contributed by atoms with Gasteiger partial charge in [0.05, 0.1) is 12.1 Å². The van der Waals surface area contributed by atoms with Crippen LogP contribution in [0.5, 0.6) is 0 Å². The monoisotopic (exact) mass is 268 g/mol. The summed E-state index contributed by atoms with van der Waals surface area (Å²) in [4.78, 5) is 14.2. The number of hydrogen-bond acceptors (Lipinski definition) is 2. The lowest BCUT2D eigenvalue weighted by Gasteiger charge is -2.27. The van der Waals surface area contributed by atoms with E-state index in [9.17, 15) is 4.79 Å². The van der Waals surface area contributed by atoms with Crippen LogP contribution >= 0.6 is 0 Å². The normalized spacial score (nSPS) is 20.3. The van der Waals surface area contributed by atoms with E-state index in [2.05, 4.69) is 36.4 Å². The highest BCUT2D eigenvalue weighted by atomic mass is 16.2. The third-order valence-electron chi connectivity index (χ3n) is 4.11. The summed E-state index contributed by atoms with van der Waals surface area (Å²) in [5, 5.41) is 2.47. The fourth-order valence-electron chi connectivity index (χ4n) is 3.16. The van der Waals surface area contributed by atoms with Crippen molar-refractivity contribution in [1.82, 2.24) is 4.90 Å². The topological polar surface area (TPSA) is 46.3 Å². The third kappa shape index (κ3) is 2.18. The van der Waals surface area contributed by atoms with Crippen LogP contribution in [0, 0.1) is 0 Å². The number of hydrogen-bond donors (Lipinski definition) is 1. The van der Waals surface area contributed by atoms with Gasteiger partial charge in [-0.3, -0.25) is 4.79 Å². The summed E-state index contributed by atoms with van der Waals surface area (Å²) in [6, 6.07) is 14.4. The van der Waals surface area contributed by atoms with Crippen LogP contribution in [-0.4, -0.2) is 23.4 Å². The van der Waals surface area contributed by atoms with E-state index in [1.54, 1.807) is 6.92 Å². The van der Waals surface area contributed by atoms with Crippen LogP contribution in [0.1, 0.15) is 31.4 Å². The maximum atomic E-state index is 12.3. The van der Waals surface area contributed by atoms with Crippen molar-refractivity contribution in [2.75, 3.05) is 6.54 Å². The quantitative estimate of drug-likeness (QED) is 0.910. The Morgan fingerprint density at radius 2 is 2.00 bits per heavy atom. The summed E-state index contributed by atoms with van der Waals surface area (Å²) >= 11 is 0. The van der Waals surface area contributed by atoms with Gasteiger partial charge in [0, 0.05) is 6.54 Å². The van der Waals surface area contributed by atoms with Gasteiger partial charge in [0.25, 0.3) is 0 Å². The third-order valence-corrected chi connectivity index (χ3v) is 4.11. The molecule has 104 valence electrons. The summed E-state index contributed by atoms with van der Waals surface area (Å²) < 4.78 is 0. The zero-order chi connectivity index (χ0) is 14.1. The van der Waals surface area contributed by atoms with Gasteiger partial charge in [-0.25, -0.2) is 0 Å². The van der Waals surface area contributed by atoms with Crippen molar-refractivity contribution >= 4 is 16.7 Å². The van der Waals surface area contributed by atoms with Gasteiger partial charge in [0.15, 0.2) is 0 Å². The van der Waals surface area contributed by atoms with Crippen molar-refractivity contribution in [1.29, 1.82) is 0 Å². The molecule has 20 heavy (non-hydrogen) atoms. The van der Waals surface area contributed by atoms with E-state index in [1.807, 2.05) is 11.0 Å². The van der Waals surface area contributed by atoms with Crippen molar-refractivity contribution in [3.05, 3.63) is 48.0 Å². The largest absolute Gasteiger partial charge is 0.334 e. The zero-order valence-corrected chi connectivity index (χ0v) is 11.8. The molecule has 1 fully saturated rings. The molecule has 0 aromatic heterocycles. The molecule has 0 saturated carbocycles. The summed E-state index contributed by atoms with van der Waals surface area (Å²) in [5.74, 6) is 0.0560. The summed E-state index contributed by atoms with van der Waals surface area (Å²) in [5.41, 5.74) is 7.02.